The van der Waals surface area contributed by atoms with Crippen LogP contribution < -0.4 is 10.6 Å². The average molecular weight is 313 g/mol. The van der Waals surface area contributed by atoms with Crippen molar-refractivity contribution in [2.24, 2.45) is 0 Å². The maximum atomic E-state index is 13.8. The van der Waals surface area contributed by atoms with Crippen molar-refractivity contribution in [1.29, 1.82) is 0 Å². The first-order chi connectivity index (χ1) is 9.92. The van der Waals surface area contributed by atoms with Gasteiger partial charge in [0.1, 0.15) is 23.3 Å². The molecule has 21 heavy (non-hydrogen) atoms. The molecule has 0 radical (unpaired) electrons. The minimum absolute atomic E-state index is 0.0123. The Bertz CT molecular complexity index is 653. The van der Waals surface area contributed by atoms with Gasteiger partial charge in [-0.25, -0.2) is 18.7 Å². The number of halogens is 3. The van der Waals surface area contributed by atoms with Crippen molar-refractivity contribution in [3.63, 3.8) is 0 Å². The maximum absolute atomic E-state index is 13.8. The summed E-state index contributed by atoms with van der Waals surface area (Å²) in [6.45, 7) is 6.17. The first-order valence-corrected chi connectivity index (χ1v) is 6.80. The molecule has 2 aromatic rings. The van der Waals surface area contributed by atoms with Crippen LogP contribution in [0.3, 0.4) is 0 Å². The van der Waals surface area contributed by atoms with Crippen molar-refractivity contribution in [3.8, 4) is 0 Å². The first kappa shape index (κ1) is 15.4. The third-order valence-electron chi connectivity index (χ3n) is 2.85. The van der Waals surface area contributed by atoms with Gasteiger partial charge in [0.2, 0.25) is 0 Å². The molecule has 0 atom stereocenters. The van der Waals surface area contributed by atoms with Crippen LogP contribution in [0, 0.1) is 25.5 Å². The lowest BCUT2D eigenvalue weighted by molar-refractivity contribution is 0.586. The molecule has 0 aliphatic rings. The SMILES string of the molecule is CCNc1nc(C)nc(Nc2c(F)cc(F)cc2Cl)c1C. The van der Waals surface area contributed by atoms with E-state index in [9.17, 15) is 8.78 Å². The maximum Gasteiger partial charge on any atom is 0.151 e. The number of hydrogen-bond acceptors (Lipinski definition) is 4. The lowest BCUT2D eigenvalue weighted by atomic mass is 10.2. The lowest BCUT2D eigenvalue weighted by Crippen LogP contribution is -2.08. The highest BCUT2D eigenvalue weighted by molar-refractivity contribution is 6.33. The van der Waals surface area contributed by atoms with Gasteiger partial charge in [-0.2, -0.15) is 0 Å². The van der Waals surface area contributed by atoms with E-state index < -0.39 is 11.6 Å². The monoisotopic (exact) mass is 312 g/mol. The minimum Gasteiger partial charge on any atom is -0.370 e. The summed E-state index contributed by atoms with van der Waals surface area (Å²) in [7, 11) is 0. The van der Waals surface area contributed by atoms with Crippen molar-refractivity contribution >= 4 is 28.9 Å². The second-order valence-electron chi connectivity index (χ2n) is 4.49. The molecule has 7 heteroatoms. The number of anilines is 3. The van der Waals surface area contributed by atoms with E-state index in [-0.39, 0.29) is 10.7 Å². The van der Waals surface area contributed by atoms with E-state index in [1.54, 1.807) is 13.8 Å². The summed E-state index contributed by atoms with van der Waals surface area (Å²) in [4.78, 5) is 8.51. The average Bonchev–Trinajstić information content (AvgIpc) is 2.39. The highest BCUT2D eigenvalue weighted by Gasteiger charge is 2.14. The molecule has 4 nitrogen and oxygen atoms in total. The summed E-state index contributed by atoms with van der Waals surface area (Å²) in [5, 5.41) is 5.87. The Morgan fingerprint density at radius 3 is 2.43 bits per heavy atom. The van der Waals surface area contributed by atoms with Crippen LogP contribution >= 0.6 is 11.6 Å². The number of nitrogens with zero attached hydrogens (tertiary/aromatic N) is 2. The van der Waals surface area contributed by atoms with Crippen LogP contribution in [0.2, 0.25) is 5.02 Å². The summed E-state index contributed by atoms with van der Waals surface area (Å²) in [6.07, 6.45) is 0. The number of nitrogens with one attached hydrogen (secondary N) is 2. The fraction of sp³-hybridized carbons (Fsp3) is 0.286. The van der Waals surface area contributed by atoms with Gasteiger partial charge in [-0.1, -0.05) is 11.6 Å². The molecule has 0 aliphatic heterocycles. The van der Waals surface area contributed by atoms with E-state index in [4.69, 9.17) is 11.6 Å². The number of aromatic nitrogens is 2. The second-order valence-corrected chi connectivity index (χ2v) is 4.90. The zero-order chi connectivity index (χ0) is 15.6. The van der Waals surface area contributed by atoms with Gasteiger partial charge in [-0.15, -0.1) is 0 Å². The van der Waals surface area contributed by atoms with Gasteiger partial charge >= 0.3 is 0 Å². The van der Waals surface area contributed by atoms with E-state index in [1.165, 1.54) is 0 Å². The Balaban J connectivity index is 2.45. The molecule has 0 spiro atoms. The number of benzene rings is 1. The molecule has 2 rings (SSSR count). The van der Waals surface area contributed by atoms with E-state index in [0.717, 1.165) is 17.7 Å². The fourth-order valence-corrected chi connectivity index (χ4v) is 2.11. The largest absolute Gasteiger partial charge is 0.370 e. The molecule has 0 saturated heterocycles. The Kier molecular flexibility index (Phi) is 4.57. The Hall–Kier alpha value is -1.95. The highest BCUT2D eigenvalue weighted by atomic mass is 35.5. The Morgan fingerprint density at radius 2 is 1.81 bits per heavy atom. The van der Waals surface area contributed by atoms with Crippen LogP contribution in [0.15, 0.2) is 12.1 Å². The topological polar surface area (TPSA) is 49.8 Å². The zero-order valence-corrected chi connectivity index (χ0v) is 12.6. The van der Waals surface area contributed by atoms with Gasteiger partial charge in [-0.3, -0.25) is 0 Å². The van der Waals surface area contributed by atoms with Gasteiger partial charge in [0.25, 0.3) is 0 Å². The first-order valence-electron chi connectivity index (χ1n) is 6.43. The van der Waals surface area contributed by atoms with Crippen LogP contribution in [-0.4, -0.2) is 16.5 Å². The number of hydrogen-bond donors (Lipinski definition) is 2. The summed E-state index contributed by atoms with van der Waals surface area (Å²) < 4.78 is 26.9. The zero-order valence-electron chi connectivity index (χ0n) is 11.9. The van der Waals surface area contributed by atoms with Gasteiger partial charge in [0.15, 0.2) is 5.82 Å². The van der Waals surface area contributed by atoms with E-state index >= 15 is 0 Å². The number of rotatable bonds is 4. The normalized spacial score (nSPS) is 10.6. The molecule has 0 fully saturated rings. The van der Waals surface area contributed by atoms with Gasteiger partial charge in [0, 0.05) is 18.2 Å². The molecule has 0 bridgehead atoms. The molecule has 1 aromatic heterocycles. The van der Waals surface area contributed by atoms with Crippen molar-refractivity contribution < 1.29 is 8.78 Å². The van der Waals surface area contributed by atoms with Crippen LogP contribution in [0.25, 0.3) is 0 Å². The summed E-state index contributed by atoms with van der Waals surface area (Å²) in [6, 6.07) is 1.81. The Labute approximate surface area is 126 Å². The third kappa shape index (κ3) is 3.39. The summed E-state index contributed by atoms with van der Waals surface area (Å²) >= 11 is 5.88. The molecule has 1 heterocycles. The number of aryl methyl sites for hydroxylation is 1. The van der Waals surface area contributed by atoms with E-state index in [1.807, 2.05) is 6.92 Å². The van der Waals surface area contributed by atoms with Crippen LogP contribution in [0.1, 0.15) is 18.3 Å². The molecule has 0 amide bonds. The molecule has 0 saturated carbocycles. The van der Waals surface area contributed by atoms with Crippen molar-refractivity contribution in [2.75, 3.05) is 17.2 Å². The molecule has 0 unspecified atom stereocenters. The van der Waals surface area contributed by atoms with E-state index in [2.05, 4.69) is 20.6 Å². The van der Waals surface area contributed by atoms with Gasteiger partial charge in [0.05, 0.1) is 10.7 Å². The third-order valence-corrected chi connectivity index (χ3v) is 3.15. The molecule has 2 N–H and O–H groups in total. The van der Waals surface area contributed by atoms with Crippen molar-refractivity contribution in [3.05, 3.63) is 40.2 Å². The molecular formula is C14H15ClF2N4. The molecular weight excluding hydrogens is 298 g/mol. The van der Waals surface area contributed by atoms with Crippen LogP contribution in [-0.2, 0) is 0 Å². The predicted octanol–water partition coefficient (Wildman–Crippen LogP) is 4.20. The molecule has 0 aliphatic carbocycles. The van der Waals surface area contributed by atoms with Gasteiger partial charge < -0.3 is 10.6 Å². The lowest BCUT2D eigenvalue weighted by Gasteiger charge is -2.14. The van der Waals surface area contributed by atoms with Crippen molar-refractivity contribution in [1.82, 2.24) is 9.97 Å². The summed E-state index contributed by atoms with van der Waals surface area (Å²) in [5.41, 5.74) is 0.712. The Morgan fingerprint density at radius 1 is 1.14 bits per heavy atom. The minimum atomic E-state index is -0.777. The second kappa shape index (κ2) is 6.22. The molecule has 112 valence electrons. The highest BCUT2D eigenvalue weighted by Crippen LogP contribution is 2.31. The van der Waals surface area contributed by atoms with Crippen LogP contribution in [0.4, 0.5) is 26.1 Å². The standard InChI is InChI=1S/C14H15ClF2N4/c1-4-18-13-7(2)14(20-8(3)19-13)21-12-10(15)5-9(16)6-11(12)17/h5-6H,4H2,1-3H3,(H2,18,19,20,21). The smallest absolute Gasteiger partial charge is 0.151 e. The van der Waals surface area contributed by atoms with Crippen molar-refractivity contribution in [2.45, 2.75) is 20.8 Å². The van der Waals surface area contributed by atoms with Crippen LogP contribution in [0.5, 0.6) is 0 Å². The predicted molar refractivity (Wildman–Crippen MR) is 80.3 cm³/mol. The fourth-order valence-electron chi connectivity index (χ4n) is 1.87. The van der Waals surface area contributed by atoms with E-state index in [0.29, 0.717) is 24.0 Å². The summed E-state index contributed by atoms with van der Waals surface area (Å²) in [5.74, 6) is 0.0994. The van der Waals surface area contributed by atoms with Gasteiger partial charge in [-0.05, 0) is 26.8 Å². The quantitative estimate of drug-likeness (QED) is 0.888. The molecule has 1 aromatic carbocycles.